The molecule has 4 heteroatoms. The Morgan fingerprint density at radius 1 is 1.44 bits per heavy atom. The molecule has 0 aliphatic carbocycles. The predicted octanol–water partition coefficient (Wildman–Crippen LogP) is 1.56. The van der Waals surface area contributed by atoms with Crippen molar-refractivity contribution in [3.63, 3.8) is 0 Å². The van der Waals surface area contributed by atoms with Crippen LogP contribution in [0, 0.1) is 12.8 Å². The van der Waals surface area contributed by atoms with Crippen LogP contribution >= 0.6 is 0 Å². The lowest BCUT2D eigenvalue weighted by Gasteiger charge is -2.22. The first kappa shape index (κ1) is 13.6. The molecule has 0 bridgehead atoms. The van der Waals surface area contributed by atoms with Gasteiger partial charge in [0.05, 0.1) is 11.5 Å². The van der Waals surface area contributed by atoms with Crippen LogP contribution < -0.4 is 5.32 Å². The Balaban J connectivity index is 2.06. The summed E-state index contributed by atoms with van der Waals surface area (Å²) in [5.41, 5.74) is 2.53. The van der Waals surface area contributed by atoms with Gasteiger partial charge in [0, 0.05) is 6.04 Å². The third-order valence-electron chi connectivity index (χ3n) is 3.75. The van der Waals surface area contributed by atoms with Crippen LogP contribution in [0.2, 0.25) is 0 Å². The third-order valence-corrected chi connectivity index (χ3v) is 5.54. The van der Waals surface area contributed by atoms with E-state index < -0.39 is 9.84 Å². The maximum Gasteiger partial charge on any atom is 0.150 e. The zero-order valence-corrected chi connectivity index (χ0v) is 11.8. The second-order valence-corrected chi connectivity index (χ2v) is 7.48. The number of sulfone groups is 1. The molecule has 2 atom stereocenters. The number of aryl methyl sites for hydroxylation is 1. The summed E-state index contributed by atoms with van der Waals surface area (Å²) in [6, 6.07) is 8.68. The van der Waals surface area contributed by atoms with Gasteiger partial charge in [-0.1, -0.05) is 29.8 Å². The largest absolute Gasteiger partial charge is 0.316 e. The summed E-state index contributed by atoms with van der Waals surface area (Å²) < 4.78 is 23.1. The number of rotatable bonds is 4. The molecule has 0 amide bonds. The first-order valence-electron chi connectivity index (χ1n) is 6.43. The van der Waals surface area contributed by atoms with Gasteiger partial charge >= 0.3 is 0 Å². The van der Waals surface area contributed by atoms with Gasteiger partial charge in [-0.15, -0.1) is 0 Å². The molecule has 0 spiro atoms. The van der Waals surface area contributed by atoms with Crippen LogP contribution in [-0.4, -0.2) is 33.0 Å². The summed E-state index contributed by atoms with van der Waals surface area (Å²) in [5, 5.41) is 3.29. The van der Waals surface area contributed by atoms with Crippen molar-refractivity contribution in [1.82, 2.24) is 5.32 Å². The van der Waals surface area contributed by atoms with Gasteiger partial charge < -0.3 is 5.32 Å². The number of nitrogens with one attached hydrogen (secondary N) is 1. The Morgan fingerprint density at radius 3 is 2.78 bits per heavy atom. The van der Waals surface area contributed by atoms with E-state index in [1.54, 1.807) is 0 Å². The lowest BCUT2D eigenvalue weighted by Crippen LogP contribution is -2.36. The van der Waals surface area contributed by atoms with E-state index in [9.17, 15) is 8.42 Å². The van der Waals surface area contributed by atoms with Gasteiger partial charge in [0.2, 0.25) is 0 Å². The van der Waals surface area contributed by atoms with E-state index >= 15 is 0 Å². The molecule has 1 aliphatic rings. The monoisotopic (exact) mass is 267 g/mol. The maximum atomic E-state index is 11.5. The molecule has 1 N–H and O–H groups in total. The lowest BCUT2D eigenvalue weighted by molar-refractivity contribution is 0.403. The zero-order valence-electron chi connectivity index (χ0n) is 11.0. The maximum absolute atomic E-state index is 11.5. The second kappa shape index (κ2) is 5.41. The van der Waals surface area contributed by atoms with Gasteiger partial charge in [0.25, 0.3) is 0 Å². The molecule has 100 valence electrons. The van der Waals surface area contributed by atoms with E-state index in [4.69, 9.17) is 0 Å². The van der Waals surface area contributed by atoms with Crippen LogP contribution in [0.1, 0.15) is 17.5 Å². The first-order chi connectivity index (χ1) is 8.50. The van der Waals surface area contributed by atoms with E-state index in [1.807, 2.05) is 7.05 Å². The SMILES string of the molecule is CNC(Cc1cccc(C)c1)C1CCS(=O)(=O)C1. The van der Waals surface area contributed by atoms with Crippen LogP contribution in [0.4, 0.5) is 0 Å². The molecule has 0 aromatic heterocycles. The Kier molecular flexibility index (Phi) is 4.07. The minimum Gasteiger partial charge on any atom is -0.316 e. The quantitative estimate of drug-likeness (QED) is 0.900. The smallest absolute Gasteiger partial charge is 0.150 e. The number of hydrogen-bond donors (Lipinski definition) is 1. The van der Waals surface area contributed by atoms with Crippen molar-refractivity contribution in [2.45, 2.75) is 25.8 Å². The van der Waals surface area contributed by atoms with Crippen LogP contribution in [0.25, 0.3) is 0 Å². The molecule has 1 aromatic carbocycles. The topological polar surface area (TPSA) is 46.2 Å². The van der Waals surface area contributed by atoms with Crippen molar-refractivity contribution >= 4 is 9.84 Å². The fourth-order valence-electron chi connectivity index (χ4n) is 2.74. The highest BCUT2D eigenvalue weighted by Gasteiger charge is 2.32. The fraction of sp³-hybridized carbons (Fsp3) is 0.571. The van der Waals surface area contributed by atoms with Crippen LogP contribution in [-0.2, 0) is 16.3 Å². The van der Waals surface area contributed by atoms with E-state index in [-0.39, 0.29) is 12.0 Å². The average Bonchev–Trinajstić information content (AvgIpc) is 2.66. The Hall–Kier alpha value is -0.870. The van der Waals surface area contributed by atoms with Gasteiger partial charge in [0.1, 0.15) is 0 Å². The molecular weight excluding hydrogens is 246 g/mol. The Bertz CT molecular complexity index is 510. The minimum absolute atomic E-state index is 0.250. The molecule has 18 heavy (non-hydrogen) atoms. The molecule has 0 saturated carbocycles. The molecule has 1 aromatic rings. The van der Waals surface area contributed by atoms with Gasteiger partial charge in [0.15, 0.2) is 9.84 Å². The molecule has 2 unspecified atom stereocenters. The van der Waals surface area contributed by atoms with Crippen LogP contribution in [0.5, 0.6) is 0 Å². The predicted molar refractivity (Wildman–Crippen MR) is 74.5 cm³/mol. The third kappa shape index (κ3) is 3.33. The number of likely N-dealkylation sites (N-methyl/N-ethyl adjacent to an activating group) is 1. The molecule has 1 heterocycles. The molecule has 1 saturated heterocycles. The minimum atomic E-state index is -2.79. The summed E-state index contributed by atoms with van der Waals surface area (Å²) in [6.45, 7) is 2.08. The van der Waals surface area contributed by atoms with E-state index in [1.165, 1.54) is 11.1 Å². The highest BCUT2D eigenvalue weighted by molar-refractivity contribution is 7.91. The Labute approximate surface area is 110 Å². The first-order valence-corrected chi connectivity index (χ1v) is 8.25. The van der Waals surface area contributed by atoms with Gasteiger partial charge in [-0.05, 0) is 38.3 Å². The zero-order chi connectivity index (χ0) is 13.2. The van der Waals surface area contributed by atoms with Crippen molar-refractivity contribution in [2.24, 2.45) is 5.92 Å². The summed E-state index contributed by atoms with van der Waals surface area (Å²) >= 11 is 0. The van der Waals surface area contributed by atoms with Crippen molar-refractivity contribution in [2.75, 3.05) is 18.6 Å². The van der Waals surface area contributed by atoms with E-state index in [2.05, 4.69) is 36.5 Å². The summed E-state index contributed by atoms with van der Waals surface area (Å²) in [4.78, 5) is 0. The van der Waals surface area contributed by atoms with Gasteiger partial charge in [-0.25, -0.2) is 8.42 Å². The molecule has 0 radical (unpaired) electrons. The average molecular weight is 267 g/mol. The highest BCUT2D eigenvalue weighted by atomic mass is 32.2. The van der Waals surface area contributed by atoms with Crippen molar-refractivity contribution in [1.29, 1.82) is 0 Å². The summed E-state index contributed by atoms with van der Waals surface area (Å²) in [6.07, 6.45) is 1.69. The summed E-state index contributed by atoms with van der Waals surface area (Å²) in [7, 11) is -0.869. The number of benzene rings is 1. The standard InChI is InChI=1S/C14H21NO2S/c1-11-4-3-5-12(8-11)9-14(15-2)13-6-7-18(16,17)10-13/h3-5,8,13-15H,6-7,9-10H2,1-2H3. The van der Waals surface area contributed by atoms with Crippen molar-refractivity contribution in [3.05, 3.63) is 35.4 Å². The van der Waals surface area contributed by atoms with Gasteiger partial charge in [-0.2, -0.15) is 0 Å². The molecular formula is C14H21NO2S. The number of hydrogen-bond acceptors (Lipinski definition) is 3. The van der Waals surface area contributed by atoms with Crippen LogP contribution in [0.15, 0.2) is 24.3 Å². The van der Waals surface area contributed by atoms with Crippen molar-refractivity contribution < 1.29 is 8.42 Å². The molecule has 1 fully saturated rings. The highest BCUT2D eigenvalue weighted by Crippen LogP contribution is 2.24. The summed E-state index contributed by atoms with van der Waals surface area (Å²) in [5.74, 6) is 0.939. The second-order valence-electron chi connectivity index (χ2n) is 5.25. The normalized spacial score (nSPS) is 24.0. The van der Waals surface area contributed by atoms with Gasteiger partial charge in [-0.3, -0.25) is 0 Å². The molecule has 3 nitrogen and oxygen atoms in total. The lowest BCUT2D eigenvalue weighted by atomic mass is 9.93. The van der Waals surface area contributed by atoms with E-state index in [0.717, 1.165) is 12.8 Å². The van der Waals surface area contributed by atoms with E-state index in [0.29, 0.717) is 11.5 Å². The molecule has 2 rings (SSSR count). The van der Waals surface area contributed by atoms with Crippen molar-refractivity contribution in [3.8, 4) is 0 Å². The molecule has 1 aliphatic heterocycles. The van der Waals surface area contributed by atoms with Crippen LogP contribution in [0.3, 0.4) is 0 Å². The Morgan fingerprint density at radius 2 is 2.22 bits per heavy atom. The fourth-order valence-corrected chi connectivity index (χ4v) is 4.62.